The number of halogens is 1. The number of nitrogens with two attached hydrogens (primary N) is 1. The lowest BCUT2D eigenvalue weighted by molar-refractivity contribution is -0.158. The van der Waals surface area contributed by atoms with E-state index in [2.05, 4.69) is 10.5 Å². The first kappa shape index (κ1) is 22.5. The fraction of sp³-hybridized carbons (Fsp3) is 0.611. The summed E-state index contributed by atoms with van der Waals surface area (Å²) in [7, 11) is 0. The number of amides is 3. The van der Waals surface area contributed by atoms with Gasteiger partial charge in [0.1, 0.15) is 12.2 Å². The van der Waals surface area contributed by atoms with Crippen molar-refractivity contribution in [3.05, 3.63) is 12.2 Å². The molecule has 3 atom stereocenters. The van der Waals surface area contributed by atoms with Gasteiger partial charge in [0.05, 0.1) is 19.0 Å². The highest BCUT2D eigenvalue weighted by Crippen LogP contribution is 2.34. The first-order valence-electron chi connectivity index (χ1n) is 9.49. The Bertz CT molecular complexity index is 682. The number of alkyl halides is 1. The van der Waals surface area contributed by atoms with Gasteiger partial charge in [0.25, 0.3) is 0 Å². The average Bonchev–Trinajstić information content (AvgIpc) is 3.07. The third-order valence-electron chi connectivity index (χ3n) is 5.28. The van der Waals surface area contributed by atoms with E-state index in [0.717, 1.165) is 24.2 Å². The number of likely N-dealkylation sites (tertiary alicyclic amines) is 1. The molecular formula is C18H27FN5O5+. The van der Waals surface area contributed by atoms with Gasteiger partial charge in [-0.05, 0) is 18.4 Å². The molecule has 1 unspecified atom stereocenters. The van der Waals surface area contributed by atoms with Crippen molar-refractivity contribution in [2.24, 2.45) is 17.0 Å². The molecule has 0 spiro atoms. The third-order valence-corrected chi connectivity index (χ3v) is 5.28. The van der Waals surface area contributed by atoms with E-state index in [1.807, 2.05) is 0 Å². The van der Waals surface area contributed by atoms with Gasteiger partial charge in [-0.15, -0.1) is 0 Å². The second kappa shape index (κ2) is 10.6. The van der Waals surface area contributed by atoms with E-state index in [9.17, 15) is 24.0 Å². The molecule has 0 aromatic heterocycles. The maximum atomic E-state index is 14.1. The van der Waals surface area contributed by atoms with Crippen molar-refractivity contribution in [3.63, 3.8) is 0 Å². The van der Waals surface area contributed by atoms with Crippen LogP contribution in [0.2, 0.25) is 0 Å². The van der Waals surface area contributed by atoms with Gasteiger partial charge in [-0.3, -0.25) is 25.0 Å². The van der Waals surface area contributed by atoms with Crippen LogP contribution in [-0.2, 0) is 14.4 Å². The number of allylic oxidation sites excluding steroid dienone is 1. The molecule has 1 heterocycles. The lowest BCUT2D eigenvalue weighted by Crippen LogP contribution is -2.50. The second-order valence-corrected chi connectivity index (χ2v) is 7.32. The van der Waals surface area contributed by atoms with Crippen molar-refractivity contribution < 1.29 is 34.6 Å². The van der Waals surface area contributed by atoms with Gasteiger partial charge in [-0.2, -0.15) is 0 Å². The number of hydrogen-bond acceptors (Lipinski definition) is 6. The topological polar surface area (TPSA) is 148 Å². The molecule has 0 bridgehead atoms. The Morgan fingerprint density at radius 3 is 2.69 bits per heavy atom. The van der Waals surface area contributed by atoms with E-state index in [1.165, 1.54) is 18.4 Å². The first-order chi connectivity index (χ1) is 13.9. The van der Waals surface area contributed by atoms with Crippen molar-refractivity contribution in [1.82, 2.24) is 15.3 Å². The second-order valence-electron chi connectivity index (χ2n) is 7.32. The van der Waals surface area contributed by atoms with Crippen LogP contribution in [0.1, 0.15) is 32.1 Å². The monoisotopic (exact) mass is 412 g/mol. The van der Waals surface area contributed by atoms with Crippen LogP contribution in [0, 0.1) is 11.8 Å². The highest BCUT2D eigenvalue weighted by Gasteiger charge is 2.43. The van der Waals surface area contributed by atoms with Crippen molar-refractivity contribution in [2.45, 2.75) is 44.3 Å². The predicted octanol–water partition coefficient (Wildman–Crippen LogP) is -1.13. The number of nitrogens with one attached hydrogen (secondary N) is 1. The minimum atomic E-state index is -1.39. The molecule has 1 aliphatic carbocycles. The van der Waals surface area contributed by atoms with E-state index in [4.69, 9.17) is 10.6 Å². The summed E-state index contributed by atoms with van der Waals surface area (Å²) in [5.41, 5.74) is 0. The first-order valence-corrected chi connectivity index (χ1v) is 9.49. The average molecular weight is 412 g/mol. The molecule has 29 heavy (non-hydrogen) atoms. The van der Waals surface area contributed by atoms with Gasteiger partial charge in [-0.25, -0.2) is 9.45 Å². The Morgan fingerprint density at radius 1 is 1.41 bits per heavy atom. The van der Waals surface area contributed by atoms with Crippen LogP contribution in [0.3, 0.4) is 0 Å². The maximum absolute atomic E-state index is 14.1. The van der Waals surface area contributed by atoms with Crippen molar-refractivity contribution >= 4 is 30.3 Å². The number of carbonyl (C=O) groups is 3. The lowest BCUT2D eigenvalue weighted by Gasteiger charge is -2.33. The summed E-state index contributed by atoms with van der Waals surface area (Å²) < 4.78 is 14.1. The van der Waals surface area contributed by atoms with Crippen LogP contribution in [0.4, 0.5) is 4.39 Å². The highest BCUT2D eigenvalue weighted by atomic mass is 19.1. The molecule has 0 radical (unpaired) electrons. The van der Waals surface area contributed by atoms with Crippen molar-refractivity contribution in [1.29, 1.82) is 0 Å². The number of amidine groups is 1. The summed E-state index contributed by atoms with van der Waals surface area (Å²) in [6, 6.07) is -1.10. The Morgan fingerprint density at radius 2 is 2.14 bits per heavy atom. The molecule has 1 aliphatic heterocycles. The molecular weight excluding hydrogens is 385 g/mol. The summed E-state index contributed by atoms with van der Waals surface area (Å²) >= 11 is 0. The van der Waals surface area contributed by atoms with E-state index < -0.39 is 29.9 Å². The fourth-order valence-corrected chi connectivity index (χ4v) is 3.62. The lowest BCUT2D eigenvalue weighted by atomic mass is 9.78. The predicted molar refractivity (Wildman–Crippen MR) is 99.5 cm³/mol. The van der Waals surface area contributed by atoms with Gasteiger partial charge in [0.2, 0.25) is 18.2 Å². The van der Waals surface area contributed by atoms with Crippen LogP contribution >= 0.6 is 0 Å². The maximum Gasteiger partial charge on any atom is 0.248 e. The summed E-state index contributed by atoms with van der Waals surface area (Å²) in [6.07, 6.45) is 5.75. The number of nitrogens with zero attached hydrogens (tertiary/aromatic N) is 3. The molecule has 3 amide bonds. The number of oxime groups is 1. The summed E-state index contributed by atoms with van der Waals surface area (Å²) in [6.45, 7) is -0.484. The van der Waals surface area contributed by atoms with Crippen LogP contribution in [0.25, 0.3) is 0 Å². The smallest absolute Gasteiger partial charge is 0.248 e. The van der Waals surface area contributed by atoms with E-state index in [1.54, 1.807) is 0 Å². The van der Waals surface area contributed by atoms with Crippen LogP contribution in [0.5, 0.6) is 0 Å². The minimum absolute atomic E-state index is 0.199. The normalized spacial score (nSPS) is 23.5. The van der Waals surface area contributed by atoms with E-state index in [0.29, 0.717) is 17.4 Å². The highest BCUT2D eigenvalue weighted by molar-refractivity contribution is 6.07. The zero-order chi connectivity index (χ0) is 21.4. The van der Waals surface area contributed by atoms with Gasteiger partial charge in [-0.1, -0.05) is 24.4 Å². The Balaban J connectivity index is 2.13. The summed E-state index contributed by atoms with van der Waals surface area (Å²) in [5, 5.41) is 29.4. The Hall–Kier alpha value is -2.82. The SMILES string of the molecule is [NH2+]=C/C=C\C(=N\O)NC(=O)[C@@H]1C[C@@H](F)CN1C(=O)C(CC1CCC1)CN(O)C=O. The van der Waals surface area contributed by atoms with Crippen LogP contribution < -0.4 is 10.7 Å². The largest absolute Gasteiger partial charge is 0.409 e. The van der Waals surface area contributed by atoms with Gasteiger partial charge in [0.15, 0.2) is 12.1 Å². The third kappa shape index (κ3) is 6.08. The minimum Gasteiger partial charge on any atom is -0.409 e. The molecule has 0 aromatic carbocycles. The van der Waals surface area contributed by atoms with Gasteiger partial charge in [0, 0.05) is 12.5 Å². The molecule has 11 heteroatoms. The molecule has 10 nitrogen and oxygen atoms in total. The van der Waals surface area contributed by atoms with Gasteiger partial charge < -0.3 is 15.4 Å². The molecule has 5 N–H and O–H groups in total. The molecule has 1 saturated heterocycles. The molecule has 2 rings (SSSR count). The van der Waals surface area contributed by atoms with Gasteiger partial charge >= 0.3 is 0 Å². The molecule has 160 valence electrons. The molecule has 0 aromatic rings. The molecule has 1 saturated carbocycles. The zero-order valence-corrected chi connectivity index (χ0v) is 16.0. The number of rotatable bonds is 9. The van der Waals surface area contributed by atoms with Crippen LogP contribution in [-0.4, -0.2) is 76.0 Å². The van der Waals surface area contributed by atoms with E-state index in [-0.39, 0.29) is 31.8 Å². The summed E-state index contributed by atoms with van der Waals surface area (Å²) in [4.78, 5) is 37.6. The quantitative estimate of drug-likeness (QED) is 0.0944. The fourth-order valence-electron chi connectivity index (χ4n) is 3.62. The Kier molecular flexibility index (Phi) is 8.25. The molecule has 2 aliphatic rings. The number of carbonyl (C=O) groups excluding carboxylic acids is 3. The van der Waals surface area contributed by atoms with Crippen molar-refractivity contribution in [2.75, 3.05) is 13.1 Å². The van der Waals surface area contributed by atoms with Crippen LogP contribution in [0.15, 0.2) is 17.3 Å². The Labute approximate surface area is 167 Å². The number of hydroxylamine groups is 2. The summed E-state index contributed by atoms with van der Waals surface area (Å²) in [5.74, 6) is -1.85. The van der Waals surface area contributed by atoms with E-state index >= 15 is 0 Å². The standard InChI is InChI=1S/C18H26FN5O5/c19-14-8-15(17(26)21-16(22-28)5-2-6-20)24(10-14)18(27)13(9-23(29)11-25)7-12-3-1-4-12/h2,5-6,11-15,20,28-29H,1,3-4,7-10H2,(H,21,22,26)/p+1/b5-2-,20-6?/t13?,14-,15+/m1/s1. The van der Waals surface area contributed by atoms with Crippen molar-refractivity contribution in [3.8, 4) is 0 Å². The zero-order valence-electron chi connectivity index (χ0n) is 16.0. The molecule has 2 fully saturated rings. The number of hydrogen-bond donors (Lipinski definition) is 4.